The summed E-state index contributed by atoms with van der Waals surface area (Å²) in [7, 11) is -2.74. The van der Waals surface area contributed by atoms with Crippen molar-refractivity contribution in [2.45, 2.75) is 30.2 Å². The fraction of sp³-hybridized carbons (Fsp3) is 0.240. The van der Waals surface area contributed by atoms with Gasteiger partial charge in [0.2, 0.25) is 0 Å². The highest BCUT2D eigenvalue weighted by molar-refractivity contribution is 7.92. The van der Waals surface area contributed by atoms with E-state index >= 15 is 0 Å². The van der Waals surface area contributed by atoms with E-state index in [0.29, 0.717) is 12.1 Å². The minimum atomic E-state index is -4.08. The van der Waals surface area contributed by atoms with E-state index < -0.39 is 14.9 Å². The minimum absolute atomic E-state index is 0.0531. The van der Waals surface area contributed by atoms with E-state index in [4.69, 9.17) is 4.74 Å². The summed E-state index contributed by atoms with van der Waals surface area (Å²) in [5, 5.41) is 11.1. The van der Waals surface area contributed by atoms with Crippen molar-refractivity contribution in [3.63, 3.8) is 0 Å². The summed E-state index contributed by atoms with van der Waals surface area (Å²) in [5.74, 6) is 0.00477. The number of rotatable bonds is 8. The highest BCUT2D eigenvalue weighted by atomic mass is 32.2. The van der Waals surface area contributed by atoms with Gasteiger partial charge in [-0.05, 0) is 55.2 Å². The third kappa shape index (κ3) is 5.43. The molecule has 1 atom stereocenters. The molecule has 3 aromatic carbocycles. The molecule has 0 saturated carbocycles. The lowest BCUT2D eigenvalue weighted by Gasteiger charge is -2.25. The Balaban J connectivity index is 1.51. The van der Waals surface area contributed by atoms with E-state index in [0.717, 1.165) is 25.3 Å². The number of ether oxygens (including phenoxy) is 1. The normalized spacial score (nSPS) is 15.6. The van der Waals surface area contributed by atoms with Crippen molar-refractivity contribution in [1.29, 1.82) is 0 Å². The van der Waals surface area contributed by atoms with E-state index in [9.17, 15) is 23.3 Å². The monoisotopic (exact) mass is 495 g/mol. The van der Waals surface area contributed by atoms with E-state index in [-0.39, 0.29) is 34.0 Å². The first-order chi connectivity index (χ1) is 16.8. The number of hydrogen-bond acceptors (Lipinski definition) is 6. The molecule has 1 aliphatic rings. The standard InChI is InChI=1S/C25H25N3O6S/c1-34-24-14-11-21(28(30)31)17-23(24)26-35(32,33)22-12-9-19(10-13-22)25(29)27-15-5-8-20(27)16-18-6-3-2-4-7-18/h2-4,6-7,9-14,17,20,26H,5,8,15-16H2,1H3/t20-/m1/s1. The number of hydrogen-bond donors (Lipinski definition) is 1. The molecule has 4 rings (SSSR count). The second-order valence-electron chi connectivity index (χ2n) is 8.26. The molecule has 1 fully saturated rings. The zero-order chi connectivity index (χ0) is 25.0. The van der Waals surface area contributed by atoms with Crippen LogP contribution in [-0.4, -0.2) is 43.8 Å². The number of methoxy groups -OCH3 is 1. The van der Waals surface area contributed by atoms with Crippen LogP contribution in [0.3, 0.4) is 0 Å². The van der Waals surface area contributed by atoms with Crippen LogP contribution in [0, 0.1) is 10.1 Å². The molecule has 0 unspecified atom stereocenters. The average Bonchev–Trinajstić information content (AvgIpc) is 3.32. The number of anilines is 1. The first kappa shape index (κ1) is 24.2. The number of nitrogens with one attached hydrogen (secondary N) is 1. The van der Waals surface area contributed by atoms with Gasteiger partial charge in [-0.3, -0.25) is 19.6 Å². The fourth-order valence-corrected chi connectivity index (χ4v) is 5.30. The van der Waals surface area contributed by atoms with Gasteiger partial charge in [-0.15, -0.1) is 0 Å². The molecule has 0 bridgehead atoms. The highest BCUT2D eigenvalue weighted by Crippen LogP contribution is 2.31. The van der Waals surface area contributed by atoms with E-state index in [1.807, 2.05) is 35.2 Å². The number of nitro benzene ring substituents is 1. The minimum Gasteiger partial charge on any atom is -0.495 e. The molecular weight excluding hydrogens is 470 g/mol. The number of carbonyl (C=O) groups is 1. The number of non-ortho nitro benzene ring substituents is 1. The maximum Gasteiger partial charge on any atom is 0.271 e. The number of sulfonamides is 1. The summed E-state index contributed by atoms with van der Waals surface area (Å²) >= 11 is 0. The van der Waals surface area contributed by atoms with Crippen LogP contribution in [0.5, 0.6) is 5.75 Å². The molecule has 1 heterocycles. The van der Waals surface area contributed by atoms with Gasteiger partial charge in [0.05, 0.1) is 22.6 Å². The summed E-state index contributed by atoms with van der Waals surface area (Å²) in [4.78, 5) is 25.4. The maximum atomic E-state index is 13.2. The fourth-order valence-electron chi connectivity index (χ4n) is 4.24. The van der Waals surface area contributed by atoms with Gasteiger partial charge in [-0.25, -0.2) is 8.42 Å². The van der Waals surface area contributed by atoms with Gasteiger partial charge < -0.3 is 9.64 Å². The van der Waals surface area contributed by atoms with Crippen molar-refractivity contribution in [2.24, 2.45) is 0 Å². The van der Waals surface area contributed by atoms with Crippen molar-refractivity contribution in [1.82, 2.24) is 4.90 Å². The molecule has 3 aromatic rings. The van der Waals surface area contributed by atoms with Crippen LogP contribution >= 0.6 is 0 Å². The molecule has 1 N–H and O–H groups in total. The van der Waals surface area contributed by atoms with Crippen LogP contribution in [0.4, 0.5) is 11.4 Å². The van der Waals surface area contributed by atoms with Crippen molar-refractivity contribution >= 4 is 27.3 Å². The number of benzene rings is 3. The van der Waals surface area contributed by atoms with Gasteiger partial charge >= 0.3 is 0 Å². The summed E-state index contributed by atoms with van der Waals surface area (Å²) < 4.78 is 33.3. The van der Waals surface area contributed by atoms with Crippen LogP contribution in [0.2, 0.25) is 0 Å². The SMILES string of the molecule is COc1ccc([N+](=O)[O-])cc1NS(=O)(=O)c1ccc(C(=O)N2CCC[C@@H]2Cc2ccccc2)cc1. The molecule has 9 nitrogen and oxygen atoms in total. The lowest BCUT2D eigenvalue weighted by molar-refractivity contribution is -0.384. The largest absolute Gasteiger partial charge is 0.495 e. The third-order valence-electron chi connectivity index (χ3n) is 6.00. The smallest absolute Gasteiger partial charge is 0.271 e. The van der Waals surface area contributed by atoms with Gasteiger partial charge in [-0.2, -0.15) is 0 Å². The van der Waals surface area contributed by atoms with Crippen molar-refractivity contribution in [2.75, 3.05) is 18.4 Å². The Labute approximate surface area is 203 Å². The second kappa shape index (κ2) is 10.1. The molecule has 1 saturated heterocycles. The average molecular weight is 496 g/mol. The Morgan fingerprint density at radius 2 is 1.83 bits per heavy atom. The van der Waals surface area contributed by atoms with Gasteiger partial charge in [-0.1, -0.05) is 30.3 Å². The van der Waals surface area contributed by atoms with Crippen LogP contribution in [0.15, 0.2) is 77.7 Å². The molecule has 0 aromatic heterocycles. The molecule has 0 radical (unpaired) electrons. The first-order valence-electron chi connectivity index (χ1n) is 11.1. The second-order valence-corrected chi connectivity index (χ2v) is 9.94. The molecule has 182 valence electrons. The van der Waals surface area contributed by atoms with E-state index in [1.165, 1.54) is 49.1 Å². The molecule has 0 aliphatic carbocycles. The van der Waals surface area contributed by atoms with Crippen LogP contribution in [0.25, 0.3) is 0 Å². The summed E-state index contributed by atoms with van der Waals surface area (Å²) in [6.07, 6.45) is 2.61. The Morgan fingerprint density at radius 1 is 1.11 bits per heavy atom. The number of likely N-dealkylation sites (tertiary alicyclic amines) is 1. The summed E-state index contributed by atoms with van der Waals surface area (Å²) in [5.41, 5.74) is 1.24. The maximum absolute atomic E-state index is 13.2. The molecule has 0 spiro atoms. The lowest BCUT2D eigenvalue weighted by atomic mass is 10.0. The number of nitro groups is 1. The van der Waals surface area contributed by atoms with Gasteiger partial charge in [0, 0.05) is 30.3 Å². The molecule has 1 amide bonds. The molecule has 10 heteroatoms. The summed E-state index contributed by atoms with van der Waals surface area (Å²) in [6.45, 7) is 0.657. The summed E-state index contributed by atoms with van der Waals surface area (Å²) in [6, 6.07) is 19.4. The Kier molecular flexibility index (Phi) is 7.02. The number of amides is 1. The number of carbonyl (C=O) groups excluding carboxylic acids is 1. The Morgan fingerprint density at radius 3 is 2.49 bits per heavy atom. The number of nitrogens with zero attached hydrogens (tertiary/aromatic N) is 2. The van der Waals surface area contributed by atoms with Crippen LogP contribution < -0.4 is 9.46 Å². The zero-order valence-electron chi connectivity index (χ0n) is 19.1. The van der Waals surface area contributed by atoms with Crippen molar-refractivity contribution < 1.29 is 22.9 Å². The zero-order valence-corrected chi connectivity index (χ0v) is 19.9. The third-order valence-corrected chi connectivity index (χ3v) is 7.38. The Hall–Kier alpha value is -3.92. The van der Waals surface area contributed by atoms with Crippen molar-refractivity contribution in [3.8, 4) is 5.75 Å². The molecule has 35 heavy (non-hydrogen) atoms. The Bertz CT molecular complexity index is 1330. The van der Waals surface area contributed by atoms with E-state index in [2.05, 4.69) is 4.72 Å². The van der Waals surface area contributed by atoms with Crippen LogP contribution in [-0.2, 0) is 16.4 Å². The van der Waals surface area contributed by atoms with E-state index in [1.54, 1.807) is 0 Å². The predicted molar refractivity (Wildman–Crippen MR) is 131 cm³/mol. The highest BCUT2D eigenvalue weighted by Gasteiger charge is 2.29. The van der Waals surface area contributed by atoms with Gasteiger partial charge in [0.15, 0.2) is 0 Å². The van der Waals surface area contributed by atoms with Gasteiger partial charge in [0.25, 0.3) is 21.6 Å². The van der Waals surface area contributed by atoms with Crippen molar-refractivity contribution in [3.05, 3.63) is 94.0 Å². The predicted octanol–water partition coefficient (Wildman–Crippen LogP) is 4.25. The lowest BCUT2D eigenvalue weighted by Crippen LogP contribution is -2.36. The topological polar surface area (TPSA) is 119 Å². The molecular formula is C25H25N3O6S. The molecule has 1 aliphatic heterocycles. The van der Waals surface area contributed by atoms with Gasteiger partial charge in [0.1, 0.15) is 5.75 Å². The quantitative estimate of drug-likeness (QED) is 0.369. The first-order valence-corrected chi connectivity index (χ1v) is 12.6. The van der Waals surface area contributed by atoms with Crippen LogP contribution in [0.1, 0.15) is 28.8 Å².